The molecule has 7 nitrogen and oxygen atoms in total. The number of anilines is 1. The Morgan fingerprint density at radius 3 is 2.59 bits per heavy atom. The number of aromatic amines is 1. The molecule has 2 N–H and O–H groups in total. The van der Waals surface area contributed by atoms with Gasteiger partial charge in [0.1, 0.15) is 13.2 Å². The SMILES string of the molecule is O=C(Nc1cccc(Cl)c1)N(Cc1cc2cc3c(cc2[nH]c1=O)OCCO3)C1CCCC1. The highest BCUT2D eigenvalue weighted by atomic mass is 35.5. The summed E-state index contributed by atoms with van der Waals surface area (Å²) in [5.41, 5.74) is 1.62. The average Bonchev–Trinajstić information content (AvgIpc) is 3.31. The molecule has 0 bridgehead atoms. The van der Waals surface area contributed by atoms with Gasteiger partial charge in [-0.3, -0.25) is 4.79 Å². The summed E-state index contributed by atoms with van der Waals surface area (Å²) in [7, 11) is 0. The van der Waals surface area contributed by atoms with Crippen molar-refractivity contribution < 1.29 is 14.3 Å². The number of aromatic nitrogens is 1. The molecule has 1 aromatic heterocycles. The first kappa shape index (κ1) is 20.7. The zero-order valence-corrected chi connectivity index (χ0v) is 18.3. The molecule has 32 heavy (non-hydrogen) atoms. The maximum atomic E-state index is 13.2. The first-order chi connectivity index (χ1) is 15.6. The number of nitrogens with one attached hydrogen (secondary N) is 2. The van der Waals surface area contributed by atoms with Crippen LogP contribution in [0.25, 0.3) is 10.9 Å². The summed E-state index contributed by atoms with van der Waals surface area (Å²) < 4.78 is 11.3. The average molecular weight is 454 g/mol. The minimum atomic E-state index is -0.235. The minimum Gasteiger partial charge on any atom is -0.486 e. The summed E-state index contributed by atoms with van der Waals surface area (Å²) in [4.78, 5) is 30.8. The van der Waals surface area contributed by atoms with Gasteiger partial charge in [0.2, 0.25) is 0 Å². The molecule has 8 heteroatoms. The van der Waals surface area contributed by atoms with Crippen molar-refractivity contribution >= 4 is 34.2 Å². The number of pyridine rings is 1. The highest BCUT2D eigenvalue weighted by Gasteiger charge is 2.28. The quantitative estimate of drug-likeness (QED) is 0.586. The van der Waals surface area contributed by atoms with E-state index < -0.39 is 0 Å². The smallest absolute Gasteiger partial charge is 0.322 e. The zero-order valence-electron chi connectivity index (χ0n) is 17.5. The normalized spacial score (nSPS) is 15.7. The largest absolute Gasteiger partial charge is 0.486 e. The van der Waals surface area contributed by atoms with Crippen LogP contribution in [0.1, 0.15) is 31.2 Å². The number of fused-ring (bicyclic) bond motifs is 2. The lowest BCUT2D eigenvalue weighted by molar-refractivity contribution is 0.172. The van der Waals surface area contributed by atoms with Crippen LogP contribution in [-0.4, -0.2) is 35.2 Å². The predicted molar refractivity (Wildman–Crippen MR) is 124 cm³/mol. The number of H-pyrrole nitrogens is 1. The van der Waals surface area contributed by atoms with Crippen molar-refractivity contribution in [2.45, 2.75) is 38.3 Å². The van der Waals surface area contributed by atoms with Crippen LogP contribution in [0.5, 0.6) is 11.5 Å². The molecule has 5 rings (SSSR count). The summed E-state index contributed by atoms with van der Waals surface area (Å²) in [6.45, 7) is 1.20. The van der Waals surface area contributed by atoms with E-state index in [2.05, 4.69) is 10.3 Å². The van der Waals surface area contributed by atoms with Crippen LogP contribution in [0, 0.1) is 0 Å². The molecule has 1 aliphatic heterocycles. The van der Waals surface area contributed by atoms with E-state index in [0.29, 0.717) is 46.5 Å². The van der Waals surface area contributed by atoms with Crippen molar-refractivity contribution in [1.82, 2.24) is 9.88 Å². The third kappa shape index (κ3) is 4.25. The highest BCUT2D eigenvalue weighted by Crippen LogP contribution is 2.34. The topological polar surface area (TPSA) is 83.7 Å². The fraction of sp³-hybridized carbons (Fsp3) is 0.333. The Morgan fingerprint density at radius 1 is 1.09 bits per heavy atom. The first-order valence-electron chi connectivity index (χ1n) is 10.9. The highest BCUT2D eigenvalue weighted by molar-refractivity contribution is 6.30. The monoisotopic (exact) mass is 453 g/mol. The number of rotatable bonds is 4. The number of carbonyl (C=O) groups is 1. The molecule has 2 heterocycles. The summed E-state index contributed by atoms with van der Waals surface area (Å²) in [6, 6.07) is 12.4. The van der Waals surface area contributed by atoms with Crippen LogP contribution >= 0.6 is 11.6 Å². The van der Waals surface area contributed by atoms with Crippen LogP contribution < -0.4 is 20.3 Å². The number of amides is 2. The number of hydrogen-bond donors (Lipinski definition) is 2. The predicted octanol–water partition coefficient (Wildman–Crippen LogP) is 4.93. The first-order valence-corrected chi connectivity index (χ1v) is 11.2. The molecule has 0 unspecified atom stereocenters. The number of hydrogen-bond acceptors (Lipinski definition) is 4. The Hall–Kier alpha value is -3.19. The van der Waals surface area contributed by atoms with Gasteiger partial charge in [0.15, 0.2) is 11.5 Å². The molecule has 1 aliphatic carbocycles. The van der Waals surface area contributed by atoms with Gasteiger partial charge < -0.3 is 24.7 Å². The summed E-state index contributed by atoms with van der Waals surface area (Å²) in [5, 5.41) is 4.32. The Bertz CT molecular complexity index is 1220. The molecule has 2 aliphatic rings. The molecule has 2 aromatic carbocycles. The van der Waals surface area contributed by atoms with Gasteiger partial charge in [0.25, 0.3) is 5.56 Å². The number of halogens is 1. The number of carbonyl (C=O) groups excluding carboxylic acids is 1. The molecule has 2 amide bonds. The van der Waals surface area contributed by atoms with Crippen LogP contribution in [-0.2, 0) is 6.54 Å². The fourth-order valence-corrected chi connectivity index (χ4v) is 4.62. The van der Waals surface area contributed by atoms with E-state index in [0.717, 1.165) is 31.1 Å². The van der Waals surface area contributed by atoms with Crippen LogP contribution in [0.15, 0.2) is 47.3 Å². The van der Waals surface area contributed by atoms with Gasteiger partial charge in [-0.1, -0.05) is 30.5 Å². The van der Waals surface area contributed by atoms with E-state index in [9.17, 15) is 9.59 Å². The Labute approximate surface area is 190 Å². The molecule has 0 radical (unpaired) electrons. The van der Waals surface area contributed by atoms with Crippen LogP contribution in [0.3, 0.4) is 0 Å². The van der Waals surface area contributed by atoms with Gasteiger partial charge in [0, 0.05) is 33.8 Å². The standard InChI is InChI=1S/C24H24ClN3O4/c25-17-4-3-5-18(12-17)26-24(30)28(19-6-1-2-7-19)14-16-10-15-11-21-22(32-9-8-31-21)13-20(15)27-23(16)29/h3-5,10-13,19H,1-2,6-9,14H2,(H,26,30)(H,27,29). The van der Waals surface area contributed by atoms with Gasteiger partial charge in [-0.2, -0.15) is 0 Å². The van der Waals surface area contributed by atoms with Crippen LogP contribution in [0.2, 0.25) is 5.02 Å². The van der Waals surface area contributed by atoms with Crippen molar-refractivity contribution in [2.75, 3.05) is 18.5 Å². The molecule has 0 atom stereocenters. The molecule has 0 spiro atoms. The second-order valence-corrected chi connectivity index (χ2v) is 8.65. The molecule has 3 aromatic rings. The maximum Gasteiger partial charge on any atom is 0.322 e. The van der Waals surface area contributed by atoms with E-state index in [1.165, 1.54) is 0 Å². The van der Waals surface area contributed by atoms with Crippen molar-refractivity contribution in [3.05, 3.63) is 63.4 Å². The van der Waals surface area contributed by atoms with E-state index in [-0.39, 0.29) is 24.2 Å². The second kappa shape index (κ2) is 8.74. The summed E-state index contributed by atoms with van der Waals surface area (Å²) in [5.74, 6) is 1.29. The number of urea groups is 1. The third-order valence-electron chi connectivity index (χ3n) is 6.03. The van der Waals surface area contributed by atoms with Gasteiger partial charge in [-0.15, -0.1) is 0 Å². The van der Waals surface area contributed by atoms with Crippen molar-refractivity contribution in [1.29, 1.82) is 0 Å². The molecule has 166 valence electrons. The fourth-order valence-electron chi connectivity index (χ4n) is 4.43. The molecular formula is C24H24ClN3O4. The molecular weight excluding hydrogens is 430 g/mol. The molecule has 1 saturated carbocycles. The van der Waals surface area contributed by atoms with Gasteiger partial charge in [0.05, 0.1) is 12.1 Å². The van der Waals surface area contributed by atoms with Crippen molar-refractivity contribution in [2.24, 2.45) is 0 Å². The molecule has 1 fully saturated rings. The Morgan fingerprint density at radius 2 is 1.84 bits per heavy atom. The number of nitrogens with zero attached hydrogens (tertiary/aromatic N) is 1. The van der Waals surface area contributed by atoms with Crippen LogP contribution in [0.4, 0.5) is 10.5 Å². The lowest BCUT2D eigenvalue weighted by Crippen LogP contribution is -2.42. The van der Waals surface area contributed by atoms with Crippen molar-refractivity contribution in [3.63, 3.8) is 0 Å². The number of ether oxygens (including phenoxy) is 2. The minimum absolute atomic E-state index is 0.0875. The van der Waals surface area contributed by atoms with Gasteiger partial charge >= 0.3 is 6.03 Å². The van der Waals surface area contributed by atoms with Gasteiger partial charge in [-0.25, -0.2) is 4.79 Å². The Balaban J connectivity index is 1.45. The zero-order chi connectivity index (χ0) is 22.1. The Kier molecular flexibility index (Phi) is 5.66. The molecule has 0 saturated heterocycles. The van der Waals surface area contributed by atoms with Crippen molar-refractivity contribution in [3.8, 4) is 11.5 Å². The second-order valence-electron chi connectivity index (χ2n) is 8.21. The third-order valence-corrected chi connectivity index (χ3v) is 6.26. The maximum absolute atomic E-state index is 13.2. The number of benzene rings is 2. The van der Waals surface area contributed by atoms with E-state index in [1.54, 1.807) is 35.2 Å². The van der Waals surface area contributed by atoms with Gasteiger partial charge in [-0.05, 0) is 43.2 Å². The summed E-state index contributed by atoms with van der Waals surface area (Å²) in [6.07, 6.45) is 3.99. The lowest BCUT2D eigenvalue weighted by atomic mass is 10.1. The van der Waals surface area contributed by atoms with E-state index >= 15 is 0 Å². The lowest BCUT2D eigenvalue weighted by Gasteiger charge is -2.29. The van der Waals surface area contributed by atoms with E-state index in [4.69, 9.17) is 21.1 Å². The van der Waals surface area contributed by atoms with E-state index in [1.807, 2.05) is 12.1 Å². The summed E-state index contributed by atoms with van der Waals surface area (Å²) >= 11 is 6.06.